The van der Waals surface area contributed by atoms with Crippen LogP contribution in [0.15, 0.2) is 28.7 Å². The largest absolute Gasteiger partial charge is 0.424 e. The molecule has 7 heteroatoms. The minimum absolute atomic E-state index is 0.117. The van der Waals surface area contributed by atoms with Crippen LogP contribution in [0, 0.1) is 0 Å². The van der Waals surface area contributed by atoms with Crippen molar-refractivity contribution in [2.24, 2.45) is 0 Å². The summed E-state index contributed by atoms with van der Waals surface area (Å²) in [6.45, 7) is 1.16. The Hall–Kier alpha value is -1.60. The Morgan fingerprint density at radius 2 is 1.86 bits per heavy atom. The normalized spacial score (nSPS) is 21.3. The van der Waals surface area contributed by atoms with E-state index in [0.29, 0.717) is 19.1 Å². The average molecular weight is 321 g/mol. The summed E-state index contributed by atoms with van der Waals surface area (Å²) in [4.78, 5) is 4.40. The molecule has 2 fully saturated rings. The Bertz CT molecular complexity index is 741. The fourth-order valence-corrected chi connectivity index (χ4v) is 4.81. The summed E-state index contributed by atoms with van der Waals surface area (Å²) in [6.07, 6.45) is 3.21. The van der Waals surface area contributed by atoms with Gasteiger partial charge in [0.25, 0.3) is 6.01 Å². The number of hydrogen-bond donors (Lipinski definition) is 1. The van der Waals surface area contributed by atoms with E-state index in [2.05, 4.69) is 10.3 Å². The number of benzene rings is 1. The maximum absolute atomic E-state index is 12.2. The van der Waals surface area contributed by atoms with Gasteiger partial charge in [-0.05, 0) is 37.8 Å². The van der Waals surface area contributed by atoms with Crippen molar-refractivity contribution in [2.45, 2.75) is 37.0 Å². The average Bonchev–Trinajstić information content (AvgIpc) is 3.29. The van der Waals surface area contributed by atoms with Crippen molar-refractivity contribution >= 4 is 27.1 Å². The topological polar surface area (TPSA) is 75.4 Å². The van der Waals surface area contributed by atoms with Gasteiger partial charge in [0.1, 0.15) is 5.52 Å². The van der Waals surface area contributed by atoms with Crippen molar-refractivity contribution in [2.75, 3.05) is 18.4 Å². The molecule has 6 nitrogen and oxygen atoms in total. The van der Waals surface area contributed by atoms with Crippen molar-refractivity contribution in [3.8, 4) is 0 Å². The zero-order chi connectivity index (χ0) is 15.2. The van der Waals surface area contributed by atoms with Crippen LogP contribution in [-0.2, 0) is 10.0 Å². The number of para-hydroxylation sites is 2. The Balaban J connectivity index is 1.39. The van der Waals surface area contributed by atoms with Crippen LogP contribution in [0.1, 0.15) is 25.7 Å². The lowest BCUT2D eigenvalue weighted by atomic mass is 10.1. The maximum Gasteiger partial charge on any atom is 0.295 e. The molecule has 1 saturated carbocycles. The number of oxazole rings is 1. The van der Waals surface area contributed by atoms with Gasteiger partial charge in [0.05, 0.1) is 5.25 Å². The highest BCUT2D eigenvalue weighted by Gasteiger charge is 2.41. The fraction of sp³-hybridized carbons (Fsp3) is 0.533. The highest BCUT2D eigenvalue weighted by molar-refractivity contribution is 7.90. The van der Waals surface area contributed by atoms with Crippen LogP contribution < -0.4 is 5.32 Å². The molecule has 1 N–H and O–H groups in total. The highest BCUT2D eigenvalue weighted by atomic mass is 32.2. The van der Waals surface area contributed by atoms with E-state index in [0.717, 1.165) is 36.8 Å². The van der Waals surface area contributed by atoms with Crippen LogP contribution in [0.4, 0.5) is 6.01 Å². The van der Waals surface area contributed by atoms with Gasteiger partial charge >= 0.3 is 0 Å². The number of rotatable bonds is 4. The van der Waals surface area contributed by atoms with E-state index in [1.54, 1.807) is 4.31 Å². The molecule has 2 heterocycles. The van der Waals surface area contributed by atoms with Gasteiger partial charge in [-0.2, -0.15) is 4.98 Å². The SMILES string of the molecule is O=S(=O)(C1CC1)N1CCC(Nc2nc3ccccc3o2)CC1. The van der Waals surface area contributed by atoms with Gasteiger partial charge in [0, 0.05) is 19.1 Å². The molecule has 22 heavy (non-hydrogen) atoms. The summed E-state index contributed by atoms with van der Waals surface area (Å²) in [5.74, 6) is 0. The van der Waals surface area contributed by atoms with Crippen LogP contribution in [0.2, 0.25) is 0 Å². The van der Waals surface area contributed by atoms with Gasteiger partial charge in [0.15, 0.2) is 5.58 Å². The molecule has 1 saturated heterocycles. The van der Waals surface area contributed by atoms with E-state index in [1.807, 2.05) is 24.3 Å². The summed E-state index contributed by atoms with van der Waals surface area (Å²) in [7, 11) is -3.04. The van der Waals surface area contributed by atoms with Gasteiger partial charge in [-0.25, -0.2) is 12.7 Å². The zero-order valence-electron chi connectivity index (χ0n) is 12.2. The first-order chi connectivity index (χ1) is 10.6. The fourth-order valence-electron chi connectivity index (χ4n) is 2.94. The monoisotopic (exact) mass is 321 g/mol. The first kappa shape index (κ1) is 14.0. The predicted molar refractivity (Wildman–Crippen MR) is 84.2 cm³/mol. The van der Waals surface area contributed by atoms with Gasteiger partial charge < -0.3 is 9.73 Å². The molecule has 1 aliphatic heterocycles. The zero-order valence-corrected chi connectivity index (χ0v) is 13.1. The van der Waals surface area contributed by atoms with Crippen LogP contribution in [0.25, 0.3) is 11.1 Å². The van der Waals surface area contributed by atoms with Crippen LogP contribution in [0.5, 0.6) is 0 Å². The minimum atomic E-state index is -3.04. The summed E-state index contributed by atoms with van der Waals surface area (Å²) in [5.41, 5.74) is 1.59. The standard InChI is InChI=1S/C15H19N3O3S/c19-22(20,12-5-6-12)18-9-7-11(8-10-18)16-15-17-13-3-1-2-4-14(13)21-15/h1-4,11-12H,5-10H2,(H,16,17). The van der Waals surface area contributed by atoms with Gasteiger partial charge in [0.2, 0.25) is 10.0 Å². The predicted octanol–water partition coefficient (Wildman–Crippen LogP) is 2.20. The molecule has 1 aromatic heterocycles. The quantitative estimate of drug-likeness (QED) is 0.934. The highest BCUT2D eigenvalue weighted by Crippen LogP contribution is 2.32. The van der Waals surface area contributed by atoms with Crippen molar-refractivity contribution in [1.29, 1.82) is 0 Å². The van der Waals surface area contributed by atoms with E-state index in [-0.39, 0.29) is 11.3 Å². The Morgan fingerprint density at radius 1 is 1.14 bits per heavy atom. The molecule has 0 atom stereocenters. The molecule has 2 aromatic rings. The molecular formula is C15H19N3O3S. The van der Waals surface area contributed by atoms with Crippen molar-refractivity contribution < 1.29 is 12.8 Å². The molecule has 0 unspecified atom stereocenters. The molecule has 0 amide bonds. The number of nitrogens with zero attached hydrogens (tertiary/aromatic N) is 2. The number of piperidine rings is 1. The van der Waals surface area contributed by atoms with Crippen LogP contribution in [0.3, 0.4) is 0 Å². The van der Waals surface area contributed by atoms with Crippen molar-refractivity contribution in [3.05, 3.63) is 24.3 Å². The molecule has 0 spiro atoms. The van der Waals surface area contributed by atoms with E-state index in [1.165, 1.54) is 0 Å². The number of fused-ring (bicyclic) bond motifs is 1. The van der Waals surface area contributed by atoms with Crippen molar-refractivity contribution in [1.82, 2.24) is 9.29 Å². The number of hydrogen-bond acceptors (Lipinski definition) is 5. The molecule has 1 aromatic carbocycles. The lowest BCUT2D eigenvalue weighted by molar-refractivity contribution is 0.326. The van der Waals surface area contributed by atoms with Gasteiger partial charge in [-0.1, -0.05) is 12.1 Å². The lowest BCUT2D eigenvalue weighted by Gasteiger charge is -2.31. The number of nitrogens with one attached hydrogen (secondary N) is 1. The Morgan fingerprint density at radius 3 is 2.55 bits per heavy atom. The van der Waals surface area contributed by atoms with Crippen LogP contribution >= 0.6 is 0 Å². The molecule has 2 aliphatic rings. The molecule has 0 radical (unpaired) electrons. The Kier molecular flexibility index (Phi) is 3.34. The first-order valence-corrected chi connectivity index (χ1v) is 9.24. The van der Waals surface area contributed by atoms with Crippen molar-refractivity contribution in [3.63, 3.8) is 0 Å². The third-order valence-electron chi connectivity index (χ3n) is 4.38. The second kappa shape index (κ2) is 5.24. The summed E-state index contributed by atoms with van der Waals surface area (Å²) >= 11 is 0. The second-order valence-electron chi connectivity index (χ2n) is 6.05. The van der Waals surface area contributed by atoms with E-state index < -0.39 is 10.0 Å². The minimum Gasteiger partial charge on any atom is -0.424 e. The third kappa shape index (κ3) is 2.59. The molecular weight excluding hydrogens is 302 g/mol. The van der Waals surface area contributed by atoms with Gasteiger partial charge in [-0.3, -0.25) is 0 Å². The molecule has 118 valence electrons. The summed E-state index contributed by atoms with van der Waals surface area (Å²) in [5, 5.41) is 3.17. The summed E-state index contributed by atoms with van der Waals surface area (Å²) in [6, 6.07) is 8.37. The Labute approximate surface area is 129 Å². The maximum atomic E-state index is 12.2. The number of sulfonamides is 1. The van der Waals surface area contributed by atoms with Crippen LogP contribution in [-0.4, -0.2) is 42.1 Å². The number of anilines is 1. The van der Waals surface area contributed by atoms with E-state index in [9.17, 15) is 8.42 Å². The number of aromatic nitrogens is 1. The molecule has 4 rings (SSSR count). The third-order valence-corrected chi connectivity index (χ3v) is 6.78. The van der Waals surface area contributed by atoms with E-state index in [4.69, 9.17) is 4.42 Å². The second-order valence-corrected chi connectivity index (χ2v) is 8.26. The molecule has 1 aliphatic carbocycles. The summed E-state index contributed by atoms with van der Waals surface area (Å²) < 4.78 is 31.7. The lowest BCUT2D eigenvalue weighted by Crippen LogP contribution is -2.43. The van der Waals surface area contributed by atoms with Gasteiger partial charge in [-0.15, -0.1) is 0 Å². The first-order valence-electron chi connectivity index (χ1n) is 7.74. The smallest absolute Gasteiger partial charge is 0.295 e. The van der Waals surface area contributed by atoms with E-state index >= 15 is 0 Å². The molecule has 0 bridgehead atoms.